The molecule has 1 aromatic rings. The third kappa shape index (κ3) is 3.36. The van der Waals surface area contributed by atoms with E-state index in [1.165, 1.54) is 11.7 Å². The van der Waals surface area contributed by atoms with Crippen LogP contribution in [0.1, 0.15) is 0 Å². The van der Waals surface area contributed by atoms with Gasteiger partial charge in [0.1, 0.15) is 6.61 Å². The molecule has 6 nitrogen and oxygen atoms in total. The molecule has 1 aromatic heterocycles. The standard InChI is InChI=1S/C9H11ClF3N3O3S/c1-15(5-9(11,12)13)6-3-16-8(19-4-6)7(2-14-16)20(10,17)18/h2,6H,3-5H2,1H3/t6-/m0/s1. The quantitative estimate of drug-likeness (QED) is 0.774. The van der Waals surface area contributed by atoms with Gasteiger partial charge in [0, 0.05) is 10.7 Å². The molecule has 1 aliphatic heterocycles. The highest BCUT2D eigenvalue weighted by molar-refractivity contribution is 8.13. The molecule has 0 bridgehead atoms. The van der Waals surface area contributed by atoms with Crippen molar-refractivity contribution >= 4 is 19.7 Å². The van der Waals surface area contributed by atoms with Crippen LogP contribution < -0.4 is 4.74 Å². The lowest BCUT2D eigenvalue weighted by atomic mass is 10.2. The van der Waals surface area contributed by atoms with E-state index in [1.807, 2.05) is 0 Å². The zero-order valence-corrected chi connectivity index (χ0v) is 11.8. The molecule has 2 heterocycles. The molecule has 0 saturated heterocycles. The van der Waals surface area contributed by atoms with Gasteiger partial charge in [-0.1, -0.05) is 0 Å². The first-order chi connectivity index (χ1) is 9.08. The van der Waals surface area contributed by atoms with Crippen molar-refractivity contribution in [2.75, 3.05) is 20.2 Å². The SMILES string of the molecule is CN(CC(F)(F)F)[C@@H]1COc2c(S(=O)(=O)Cl)cnn2C1. The lowest BCUT2D eigenvalue weighted by Gasteiger charge is -2.32. The summed E-state index contributed by atoms with van der Waals surface area (Å²) >= 11 is 0. The minimum atomic E-state index is -4.32. The molecule has 1 aliphatic rings. The Morgan fingerprint density at radius 2 is 2.25 bits per heavy atom. The molecule has 2 rings (SSSR count). The summed E-state index contributed by atoms with van der Waals surface area (Å²) < 4.78 is 65.8. The van der Waals surface area contributed by atoms with Gasteiger partial charge in [-0.3, -0.25) is 4.90 Å². The smallest absolute Gasteiger partial charge is 0.401 e. The van der Waals surface area contributed by atoms with Gasteiger partial charge in [0.15, 0.2) is 4.90 Å². The maximum Gasteiger partial charge on any atom is 0.401 e. The van der Waals surface area contributed by atoms with Crippen LogP contribution >= 0.6 is 10.7 Å². The fraction of sp³-hybridized carbons (Fsp3) is 0.667. The molecule has 1 atom stereocenters. The first kappa shape index (κ1) is 15.4. The number of hydrogen-bond donors (Lipinski definition) is 0. The Morgan fingerprint density at radius 3 is 2.80 bits per heavy atom. The molecule has 0 aliphatic carbocycles. The highest BCUT2D eigenvalue weighted by Crippen LogP contribution is 2.30. The van der Waals surface area contributed by atoms with Crippen LogP contribution in [0.5, 0.6) is 5.88 Å². The normalized spacial score (nSPS) is 19.8. The second-order valence-corrected chi connectivity index (χ2v) is 6.96. The summed E-state index contributed by atoms with van der Waals surface area (Å²) in [6.07, 6.45) is -3.30. The van der Waals surface area contributed by atoms with E-state index in [4.69, 9.17) is 15.4 Å². The van der Waals surface area contributed by atoms with Crippen LogP contribution in [0.15, 0.2) is 11.1 Å². The topological polar surface area (TPSA) is 64.4 Å². The molecule has 0 amide bonds. The van der Waals surface area contributed by atoms with E-state index in [2.05, 4.69) is 5.10 Å². The average molecular weight is 334 g/mol. The van der Waals surface area contributed by atoms with Gasteiger partial charge >= 0.3 is 6.18 Å². The molecule has 20 heavy (non-hydrogen) atoms. The van der Waals surface area contributed by atoms with Crippen LogP contribution in [0.2, 0.25) is 0 Å². The van der Waals surface area contributed by atoms with Gasteiger partial charge in [-0.15, -0.1) is 0 Å². The van der Waals surface area contributed by atoms with E-state index in [9.17, 15) is 21.6 Å². The van der Waals surface area contributed by atoms with Gasteiger partial charge in [0.2, 0.25) is 5.88 Å². The Bertz CT molecular complexity index is 601. The lowest BCUT2D eigenvalue weighted by molar-refractivity contribution is -0.150. The van der Waals surface area contributed by atoms with Gasteiger partial charge in [-0.2, -0.15) is 18.3 Å². The molecule has 0 aromatic carbocycles. The maximum atomic E-state index is 12.3. The minimum absolute atomic E-state index is 0.0448. The largest absolute Gasteiger partial charge is 0.475 e. The predicted octanol–water partition coefficient (Wildman–Crippen LogP) is 1.07. The first-order valence-electron chi connectivity index (χ1n) is 5.48. The summed E-state index contributed by atoms with van der Waals surface area (Å²) in [7, 11) is 2.52. The van der Waals surface area contributed by atoms with E-state index >= 15 is 0 Å². The molecule has 0 saturated carbocycles. The van der Waals surface area contributed by atoms with Crippen molar-refractivity contribution in [1.29, 1.82) is 0 Å². The Kier molecular flexibility index (Phi) is 3.91. The summed E-state index contributed by atoms with van der Waals surface area (Å²) in [5, 5.41) is 3.77. The molecule has 0 spiro atoms. The van der Waals surface area contributed by atoms with Crippen molar-refractivity contribution in [2.24, 2.45) is 0 Å². The molecule has 0 fully saturated rings. The molecule has 114 valence electrons. The van der Waals surface area contributed by atoms with Crippen molar-refractivity contribution < 1.29 is 26.3 Å². The van der Waals surface area contributed by atoms with Crippen molar-refractivity contribution in [3.8, 4) is 5.88 Å². The summed E-state index contributed by atoms with van der Waals surface area (Å²) in [4.78, 5) is 0.801. The molecule has 0 N–H and O–H groups in total. The predicted molar refractivity (Wildman–Crippen MR) is 63.2 cm³/mol. The van der Waals surface area contributed by atoms with E-state index in [0.29, 0.717) is 0 Å². The molecular formula is C9H11ClF3N3O3S. The zero-order valence-electron chi connectivity index (χ0n) is 10.3. The van der Waals surface area contributed by atoms with Crippen LogP contribution in [0, 0.1) is 0 Å². The number of rotatable bonds is 3. The number of halogens is 4. The van der Waals surface area contributed by atoms with Gasteiger partial charge in [-0.25, -0.2) is 13.1 Å². The highest BCUT2D eigenvalue weighted by Gasteiger charge is 2.35. The Hall–Kier alpha value is -1.00. The Balaban J connectivity index is 2.15. The second kappa shape index (κ2) is 5.08. The number of nitrogens with zero attached hydrogens (tertiary/aromatic N) is 3. The van der Waals surface area contributed by atoms with Crippen LogP contribution in [0.25, 0.3) is 0 Å². The van der Waals surface area contributed by atoms with E-state index in [1.54, 1.807) is 0 Å². The van der Waals surface area contributed by atoms with Gasteiger partial charge < -0.3 is 4.74 Å². The van der Waals surface area contributed by atoms with Crippen molar-refractivity contribution in [3.63, 3.8) is 0 Å². The number of fused-ring (bicyclic) bond motifs is 1. The summed E-state index contributed by atoms with van der Waals surface area (Å²) in [6.45, 7) is -1.07. The third-order valence-electron chi connectivity index (χ3n) is 2.87. The second-order valence-electron chi connectivity index (χ2n) is 4.43. The van der Waals surface area contributed by atoms with Crippen molar-refractivity contribution in [1.82, 2.24) is 14.7 Å². The first-order valence-corrected chi connectivity index (χ1v) is 7.79. The molecule has 0 unspecified atom stereocenters. The minimum Gasteiger partial charge on any atom is -0.475 e. The fourth-order valence-corrected chi connectivity index (χ4v) is 2.77. The lowest BCUT2D eigenvalue weighted by Crippen LogP contribution is -2.46. The van der Waals surface area contributed by atoms with E-state index < -0.39 is 27.8 Å². The molecule has 11 heteroatoms. The fourth-order valence-electron chi connectivity index (χ4n) is 1.91. The average Bonchev–Trinajstić information content (AvgIpc) is 2.68. The monoisotopic (exact) mass is 333 g/mol. The summed E-state index contributed by atoms with van der Waals surface area (Å²) in [5.74, 6) is -0.0448. The van der Waals surface area contributed by atoms with Gasteiger partial charge in [0.25, 0.3) is 9.05 Å². The number of likely N-dealkylation sites (N-methyl/N-ethyl adjacent to an activating group) is 1. The van der Waals surface area contributed by atoms with Crippen LogP contribution in [-0.4, -0.2) is 55.5 Å². The highest BCUT2D eigenvalue weighted by atomic mass is 35.7. The number of aromatic nitrogens is 2. The summed E-state index contributed by atoms with van der Waals surface area (Å²) in [5.41, 5.74) is 0. The van der Waals surface area contributed by atoms with Crippen LogP contribution in [0.4, 0.5) is 13.2 Å². The Labute approximate surface area is 117 Å². The molecular weight excluding hydrogens is 323 g/mol. The maximum absolute atomic E-state index is 12.3. The van der Waals surface area contributed by atoms with Gasteiger partial charge in [0.05, 0.1) is 25.3 Å². The van der Waals surface area contributed by atoms with Gasteiger partial charge in [-0.05, 0) is 7.05 Å². The number of hydrogen-bond acceptors (Lipinski definition) is 5. The number of alkyl halides is 3. The van der Waals surface area contributed by atoms with E-state index in [-0.39, 0.29) is 23.9 Å². The Morgan fingerprint density at radius 1 is 1.60 bits per heavy atom. The third-order valence-corrected chi connectivity index (χ3v) is 4.17. The number of ether oxygens (including phenoxy) is 1. The summed E-state index contributed by atoms with van der Waals surface area (Å²) in [6, 6.07) is -0.560. The molecule has 0 radical (unpaired) electrons. The van der Waals surface area contributed by atoms with Crippen molar-refractivity contribution in [2.45, 2.75) is 23.7 Å². The van der Waals surface area contributed by atoms with Crippen molar-refractivity contribution in [3.05, 3.63) is 6.20 Å². The van der Waals surface area contributed by atoms with Crippen LogP contribution in [0.3, 0.4) is 0 Å². The zero-order chi connectivity index (χ0) is 15.1. The van der Waals surface area contributed by atoms with Crippen LogP contribution in [-0.2, 0) is 15.6 Å². The van der Waals surface area contributed by atoms with E-state index in [0.717, 1.165) is 11.1 Å².